The van der Waals surface area contributed by atoms with E-state index >= 15 is 0 Å². The number of anilines is 1. The molecule has 1 aliphatic carbocycles. The number of hydrogen-bond acceptors (Lipinski definition) is 3. The number of hydrogen-bond donors (Lipinski definition) is 2. The minimum atomic E-state index is -0.695. The fourth-order valence-corrected chi connectivity index (χ4v) is 3.27. The molecule has 7 heteroatoms. The van der Waals surface area contributed by atoms with Gasteiger partial charge in [-0.1, -0.05) is 13.0 Å². The summed E-state index contributed by atoms with van der Waals surface area (Å²) in [5.41, 5.74) is 7.16. The number of benzene rings is 1. The fraction of sp³-hybridized carbons (Fsp3) is 0.158. The summed E-state index contributed by atoms with van der Waals surface area (Å²) in [7, 11) is 0. The molecular weight excluding hydrogens is 341 g/mol. The van der Waals surface area contributed by atoms with Crippen molar-refractivity contribution in [3.8, 4) is 11.4 Å². The number of halogens is 3. The maximum absolute atomic E-state index is 13.9. The number of nitrogens with one attached hydrogen (secondary N) is 1. The van der Waals surface area contributed by atoms with Gasteiger partial charge in [0.2, 0.25) is 0 Å². The maximum atomic E-state index is 13.9. The molecule has 4 nitrogen and oxygen atoms in total. The number of H-pyrrole nitrogens is 1. The minimum Gasteiger partial charge on any atom is -0.384 e. The van der Waals surface area contributed by atoms with E-state index in [-0.39, 0.29) is 34.8 Å². The van der Waals surface area contributed by atoms with Gasteiger partial charge in [0.25, 0.3) is 0 Å². The molecule has 3 N–H and O–H groups in total. The highest BCUT2D eigenvalue weighted by Crippen LogP contribution is 2.34. The Morgan fingerprint density at radius 3 is 2.69 bits per heavy atom. The van der Waals surface area contributed by atoms with E-state index in [2.05, 4.69) is 15.0 Å². The summed E-state index contributed by atoms with van der Waals surface area (Å²) in [5, 5.41) is 0.331. The number of nitrogen functional groups attached to an aromatic ring is 1. The van der Waals surface area contributed by atoms with Crippen molar-refractivity contribution in [3.63, 3.8) is 0 Å². The summed E-state index contributed by atoms with van der Waals surface area (Å²) in [6.07, 6.45) is 6.14. The smallest absolute Gasteiger partial charge is 0.163 e. The lowest BCUT2D eigenvalue weighted by Gasteiger charge is -2.21. The molecule has 0 bridgehead atoms. The van der Waals surface area contributed by atoms with Crippen molar-refractivity contribution in [1.82, 2.24) is 15.0 Å². The molecule has 132 valence electrons. The highest BCUT2D eigenvalue weighted by Gasteiger charge is 2.22. The predicted molar refractivity (Wildman–Crippen MR) is 93.9 cm³/mol. The first-order chi connectivity index (χ1) is 12.4. The lowest BCUT2D eigenvalue weighted by Crippen LogP contribution is -2.12. The van der Waals surface area contributed by atoms with E-state index in [0.29, 0.717) is 16.6 Å². The average molecular weight is 356 g/mol. The van der Waals surface area contributed by atoms with Gasteiger partial charge in [0, 0.05) is 35.2 Å². The summed E-state index contributed by atoms with van der Waals surface area (Å²) in [6, 6.07) is 3.66. The number of allylic oxidation sites excluding steroid dienone is 4. The topological polar surface area (TPSA) is 67.6 Å². The van der Waals surface area contributed by atoms with Crippen LogP contribution in [-0.4, -0.2) is 15.0 Å². The molecule has 0 amide bonds. The van der Waals surface area contributed by atoms with Crippen LogP contribution in [0.15, 0.2) is 48.5 Å². The van der Waals surface area contributed by atoms with Crippen molar-refractivity contribution in [2.45, 2.75) is 12.8 Å². The Balaban J connectivity index is 1.84. The van der Waals surface area contributed by atoms with E-state index in [1.807, 2.05) is 6.92 Å². The summed E-state index contributed by atoms with van der Waals surface area (Å²) in [5.74, 6) is -1.47. The van der Waals surface area contributed by atoms with E-state index in [9.17, 15) is 13.2 Å². The van der Waals surface area contributed by atoms with Crippen LogP contribution in [0, 0.1) is 17.6 Å². The summed E-state index contributed by atoms with van der Waals surface area (Å²) < 4.78 is 41.0. The van der Waals surface area contributed by atoms with Gasteiger partial charge in [0.1, 0.15) is 23.3 Å². The Bertz CT molecular complexity index is 1070. The van der Waals surface area contributed by atoms with Crippen LogP contribution >= 0.6 is 0 Å². The third kappa shape index (κ3) is 2.75. The van der Waals surface area contributed by atoms with Crippen LogP contribution in [0.5, 0.6) is 0 Å². The Kier molecular flexibility index (Phi) is 3.79. The van der Waals surface area contributed by atoms with E-state index in [0.717, 1.165) is 6.07 Å². The van der Waals surface area contributed by atoms with Gasteiger partial charge < -0.3 is 10.7 Å². The van der Waals surface area contributed by atoms with Gasteiger partial charge in [-0.05, 0) is 24.1 Å². The van der Waals surface area contributed by atoms with Crippen LogP contribution in [0.2, 0.25) is 0 Å². The quantitative estimate of drug-likeness (QED) is 0.704. The maximum Gasteiger partial charge on any atom is 0.163 e. The summed E-state index contributed by atoms with van der Waals surface area (Å²) in [6.45, 7) is 1.88. The SMILES string of the molecule is CC1C=C(F)C=CC1c1cc(N)nc(-c2c[nH]c3c(F)cc(F)cc23)n1. The van der Waals surface area contributed by atoms with Crippen LogP contribution in [0.4, 0.5) is 19.0 Å². The second-order valence-corrected chi connectivity index (χ2v) is 6.35. The van der Waals surface area contributed by atoms with Crippen molar-refractivity contribution < 1.29 is 13.2 Å². The molecular formula is C19H15F3N4. The summed E-state index contributed by atoms with van der Waals surface area (Å²) in [4.78, 5) is 11.5. The van der Waals surface area contributed by atoms with E-state index in [1.165, 1.54) is 24.4 Å². The number of nitrogens with zero attached hydrogens (tertiary/aromatic N) is 2. The second-order valence-electron chi connectivity index (χ2n) is 6.35. The molecule has 0 saturated carbocycles. The van der Waals surface area contributed by atoms with Gasteiger partial charge in [-0.25, -0.2) is 23.1 Å². The van der Waals surface area contributed by atoms with Crippen LogP contribution in [0.25, 0.3) is 22.3 Å². The lowest BCUT2D eigenvalue weighted by atomic mass is 9.87. The van der Waals surface area contributed by atoms with Gasteiger partial charge in [0.15, 0.2) is 5.82 Å². The zero-order valence-corrected chi connectivity index (χ0v) is 13.8. The predicted octanol–water partition coefficient (Wildman–Crippen LogP) is 4.63. The fourth-order valence-electron chi connectivity index (χ4n) is 3.27. The monoisotopic (exact) mass is 356 g/mol. The highest BCUT2D eigenvalue weighted by molar-refractivity contribution is 5.94. The standard InChI is InChI=1S/C19H15F3N4/c1-9-4-10(20)2-3-12(9)16-7-17(23)26-19(25-16)14-8-24-18-13(14)5-11(21)6-15(18)22/h2-9,12,24H,1H3,(H2,23,25,26). The third-order valence-electron chi connectivity index (χ3n) is 4.51. The molecule has 2 heterocycles. The van der Waals surface area contributed by atoms with Gasteiger partial charge in [0.05, 0.1) is 11.2 Å². The number of nitrogens with two attached hydrogens (primary N) is 1. The van der Waals surface area contributed by atoms with Crippen molar-refractivity contribution in [3.05, 3.63) is 65.8 Å². The number of aromatic nitrogens is 3. The first kappa shape index (κ1) is 16.4. The molecule has 0 radical (unpaired) electrons. The molecule has 1 aliphatic rings. The molecule has 4 rings (SSSR count). The van der Waals surface area contributed by atoms with Crippen LogP contribution in [0.1, 0.15) is 18.5 Å². The van der Waals surface area contributed by atoms with Crippen LogP contribution in [0.3, 0.4) is 0 Å². The molecule has 0 spiro atoms. The Hall–Kier alpha value is -3.09. The highest BCUT2D eigenvalue weighted by atomic mass is 19.1. The minimum absolute atomic E-state index is 0.111. The second kappa shape index (κ2) is 6.01. The molecule has 2 aromatic heterocycles. The molecule has 26 heavy (non-hydrogen) atoms. The Morgan fingerprint density at radius 1 is 1.12 bits per heavy atom. The first-order valence-corrected chi connectivity index (χ1v) is 8.09. The Labute approximate surface area is 147 Å². The molecule has 0 fully saturated rings. The molecule has 2 atom stereocenters. The van der Waals surface area contributed by atoms with E-state index in [1.54, 1.807) is 12.1 Å². The van der Waals surface area contributed by atoms with Crippen LogP contribution < -0.4 is 5.73 Å². The lowest BCUT2D eigenvalue weighted by molar-refractivity contribution is 0.568. The van der Waals surface area contributed by atoms with Crippen molar-refractivity contribution >= 4 is 16.7 Å². The van der Waals surface area contributed by atoms with Gasteiger partial charge in [-0.15, -0.1) is 0 Å². The van der Waals surface area contributed by atoms with Crippen molar-refractivity contribution in [1.29, 1.82) is 0 Å². The molecule has 0 saturated heterocycles. The zero-order chi connectivity index (χ0) is 18.4. The Morgan fingerprint density at radius 2 is 1.92 bits per heavy atom. The molecule has 1 aromatic carbocycles. The summed E-state index contributed by atoms with van der Waals surface area (Å²) >= 11 is 0. The van der Waals surface area contributed by atoms with E-state index < -0.39 is 11.6 Å². The molecule has 2 unspecified atom stereocenters. The van der Waals surface area contributed by atoms with Crippen LogP contribution in [-0.2, 0) is 0 Å². The zero-order valence-electron chi connectivity index (χ0n) is 13.8. The van der Waals surface area contributed by atoms with Gasteiger partial charge >= 0.3 is 0 Å². The molecule has 3 aromatic rings. The average Bonchev–Trinajstić information content (AvgIpc) is 2.98. The van der Waals surface area contributed by atoms with Gasteiger partial charge in [-0.2, -0.15) is 0 Å². The first-order valence-electron chi connectivity index (χ1n) is 8.09. The normalized spacial score (nSPS) is 19.8. The van der Waals surface area contributed by atoms with Crippen molar-refractivity contribution in [2.24, 2.45) is 5.92 Å². The number of rotatable bonds is 2. The molecule has 0 aliphatic heterocycles. The number of fused-ring (bicyclic) bond motifs is 1. The third-order valence-corrected chi connectivity index (χ3v) is 4.51. The van der Waals surface area contributed by atoms with E-state index in [4.69, 9.17) is 5.73 Å². The number of aromatic amines is 1. The van der Waals surface area contributed by atoms with Crippen molar-refractivity contribution in [2.75, 3.05) is 5.73 Å². The largest absolute Gasteiger partial charge is 0.384 e. The van der Waals surface area contributed by atoms with Gasteiger partial charge in [-0.3, -0.25) is 0 Å².